The molecule has 32 heavy (non-hydrogen) atoms. The van der Waals surface area contributed by atoms with Crippen LogP contribution in [0.25, 0.3) is 0 Å². The molecular weight excluding hydrogens is 431 g/mol. The first kappa shape index (κ1) is 22.9. The van der Waals surface area contributed by atoms with Gasteiger partial charge in [0.25, 0.3) is 5.91 Å². The fourth-order valence-corrected chi connectivity index (χ4v) is 3.10. The molecule has 1 saturated heterocycles. The number of amides is 4. The number of carbonyl (C=O) groups excluding carboxylic acids is 3. The zero-order valence-electron chi connectivity index (χ0n) is 16.9. The molecule has 0 saturated carbocycles. The quantitative estimate of drug-likeness (QED) is 0.475. The third-order valence-corrected chi connectivity index (χ3v) is 4.68. The molecule has 1 atom stereocenters. The lowest BCUT2D eigenvalue weighted by atomic mass is 9.92. The van der Waals surface area contributed by atoms with Gasteiger partial charge >= 0.3 is 12.4 Å². The average Bonchev–Trinajstić information content (AvgIpc) is 2.95. The maximum absolute atomic E-state index is 12.8. The Morgan fingerprint density at radius 3 is 2.34 bits per heavy atom. The van der Waals surface area contributed by atoms with Crippen molar-refractivity contribution in [3.05, 3.63) is 60.2 Å². The van der Waals surface area contributed by atoms with Crippen LogP contribution < -0.4 is 20.1 Å². The van der Waals surface area contributed by atoms with E-state index in [0.29, 0.717) is 5.75 Å². The third-order valence-electron chi connectivity index (χ3n) is 4.68. The zero-order valence-corrected chi connectivity index (χ0v) is 16.9. The summed E-state index contributed by atoms with van der Waals surface area (Å²) in [4.78, 5) is 38.0. The van der Waals surface area contributed by atoms with Crippen molar-refractivity contribution >= 4 is 17.8 Å². The van der Waals surface area contributed by atoms with Crippen LogP contribution in [-0.4, -0.2) is 48.8 Å². The number of ether oxygens (including phenoxy) is 2. The van der Waals surface area contributed by atoms with E-state index in [1.807, 2.05) is 6.07 Å². The van der Waals surface area contributed by atoms with Crippen LogP contribution in [0.1, 0.15) is 12.5 Å². The lowest BCUT2D eigenvalue weighted by molar-refractivity contribution is -0.274. The second-order valence-electron chi connectivity index (χ2n) is 7.03. The van der Waals surface area contributed by atoms with E-state index in [9.17, 15) is 27.6 Å². The van der Waals surface area contributed by atoms with Gasteiger partial charge in [0.2, 0.25) is 5.91 Å². The van der Waals surface area contributed by atoms with Crippen molar-refractivity contribution in [2.75, 3.05) is 19.7 Å². The predicted molar refractivity (Wildman–Crippen MR) is 106 cm³/mol. The van der Waals surface area contributed by atoms with Crippen LogP contribution in [0.3, 0.4) is 0 Å². The van der Waals surface area contributed by atoms with E-state index < -0.39 is 42.0 Å². The van der Waals surface area contributed by atoms with Gasteiger partial charge in [-0.15, -0.1) is 13.2 Å². The van der Waals surface area contributed by atoms with Gasteiger partial charge in [-0.3, -0.25) is 14.5 Å². The number of rotatable bonds is 8. The summed E-state index contributed by atoms with van der Waals surface area (Å²) < 4.78 is 46.2. The number of urea groups is 1. The SMILES string of the molecule is CC1(c2ccc(OC(F)(F)F)cc2)NC(=O)N(CC(=O)NCCOc2ccccc2)C1=O. The highest BCUT2D eigenvalue weighted by molar-refractivity contribution is 6.09. The molecule has 0 spiro atoms. The van der Waals surface area contributed by atoms with Gasteiger partial charge in [0.15, 0.2) is 0 Å². The first-order valence-corrected chi connectivity index (χ1v) is 9.53. The molecule has 1 fully saturated rings. The summed E-state index contributed by atoms with van der Waals surface area (Å²) in [7, 11) is 0. The van der Waals surface area contributed by atoms with Crippen LogP contribution in [0.2, 0.25) is 0 Å². The van der Waals surface area contributed by atoms with Crippen LogP contribution in [0.5, 0.6) is 11.5 Å². The number of imide groups is 1. The minimum Gasteiger partial charge on any atom is -0.492 e. The van der Waals surface area contributed by atoms with Crippen molar-refractivity contribution < 1.29 is 37.0 Å². The van der Waals surface area contributed by atoms with E-state index in [1.165, 1.54) is 19.1 Å². The number of nitrogens with zero attached hydrogens (tertiary/aromatic N) is 1. The number of carbonyl (C=O) groups is 3. The fourth-order valence-electron chi connectivity index (χ4n) is 3.10. The van der Waals surface area contributed by atoms with Crippen molar-refractivity contribution in [3.8, 4) is 11.5 Å². The zero-order chi connectivity index (χ0) is 23.4. The Morgan fingerprint density at radius 1 is 1.06 bits per heavy atom. The lowest BCUT2D eigenvalue weighted by Gasteiger charge is -2.22. The Balaban J connectivity index is 1.55. The first-order valence-electron chi connectivity index (χ1n) is 9.53. The van der Waals surface area contributed by atoms with Gasteiger partial charge in [0.1, 0.15) is 30.2 Å². The van der Waals surface area contributed by atoms with Crippen molar-refractivity contribution in [2.24, 2.45) is 0 Å². The summed E-state index contributed by atoms with van der Waals surface area (Å²) in [6, 6.07) is 12.7. The molecule has 170 valence electrons. The Bertz CT molecular complexity index is 982. The van der Waals surface area contributed by atoms with Gasteiger partial charge in [0.05, 0.1) is 6.54 Å². The Labute approximate surface area is 181 Å². The van der Waals surface area contributed by atoms with E-state index in [-0.39, 0.29) is 18.7 Å². The summed E-state index contributed by atoms with van der Waals surface area (Å²) in [5.74, 6) is -1.10. The van der Waals surface area contributed by atoms with E-state index in [1.54, 1.807) is 24.3 Å². The van der Waals surface area contributed by atoms with Gasteiger partial charge in [-0.05, 0) is 36.8 Å². The summed E-state index contributed by atoms with van der Waals surface area (Å²) >= 11 is 0. The molecular formula is C21H20F3N3O5. The third kappa shape index (κ3) is 5.48. The molecule has 0 aromatic heterocycles. The average molecular weight is 451 g/mol. The Hall–Kier alpha value is -3.76. The molecule has 0 aliphatic carbocycles. The van der Waals surface area contributed by atoms with E-state index in [2.05, 4.69) is 15.4 Å². The minimum atomic E-state index is -4.85. The van der Waals surface area contributed by atoms with Gasteiger partial charge in [-0.1, -0.05) is 30.3 Å². The maximum Gasteiger partial charge on any atom is 0.573 e. The highest BCUT2D eigenvalue weighted by Crippen LogP contribution is 2.31. The maximum atomic E-state index is 12.8. The highest BCUT2D eigenvalue weighted by atomic mass is 19.4. The number of para-hydroxylation sites is 1. The molecule has 11 heteroatoms. The number of alkyl halides is 3. The van der Waals surface area contributed by atoms with Crippen LogP contribution >= 0.6 is 0 Å². The molecule has 0 radical (unpaired) electrons. The minimum absolute atomic E-state index is 0.162. The Kier molecular flexibility index (Phi) is 6.56. The standard InChI is InChI=1S/C21H20F3N3O5/c1-20(14-7-9-16(10-8-14)32-21(22,23)24)18(29)27(19(30)26-20)13-17(28)25-11-12-31-15-5-3-2-4-6-15/h2-10H,11-13H2,1H3,(H,25,28)(H,26,30). The van der Waals surface area contributed by atoms with Gasteiger partial charge < -0.3 is 20.1 Å². The first-order chi connectivity index (χ1) is 15.1. The monoisotopic (exact) mass is 451 g/mol. The topological polar surface area (TPSA) is 97.0 Å². The van der Waals surface area contributed by atoms with Gasteiger partial charge in [-0.25, -0.2) is 4.79 Å². The largest absolute Gasteiger partial charge is 0.573 e. The number of hydrogen-bond donors (Lipinski definition) is 2. The fraction of sp³-hybridized carbons (Fsp3) is 0.286. The van der Waals surface area contributed by atoms with Crippen LogP contribution in [0, 0.1) is 0 Å². The van der Waals surface area contributed by atoms with E-state index in [4.69, 9.17) is 4.74 Å². The Morgan fingerprint density at radius 2 is 1.72 bits per heavy atom. The summed E-state index contributed by atoms with van der Waals surface area (Å²) in [6.45, 7) is 1.24. The molecule has 2 aromatic rings. The molecule has 3 rings (SSSR count). The number of benzene rings is 2. The molecule has 2 aromatic carbocycles. The molecule has 8 nitrogen and oxygen atoms in total. The van der Waals surface area contributed by atoms with Crippen molar-refractivity contribution in [1.82, 2.24) is 15.5 Å². The summed E-state index contributed by atoms with van der Waals surface area (Å²) in [6.07, 6.45) is -4.85. The van der Waals surface area contributed by atoms with Crippen LogP contribution in [0.15, 0.2) is 54.6 Å². The molecule has 4 amide bonds. The lowest BCUT2D eigenvalue weighted by Crippen LogP contribution is -2.43. The van der Waals surface area contributed by atoms with Crippen LogP contribution in [0.4, 0.5) is 18.0 Å². The summed E-state index contributed by atoms with van der Waals surface area (Å²) in [5.41, 5.74) is -1.30. The van der Waals surface area contributed by atoms with Crippen molar-refractivity contribution in [2.45, 2.75) is 18.8 Å². The normalized spacial score (nSPS) is 18.3. The van der Waals surface area contributed by atoms with Crippen molar-refractivity contribution in [1.29, 1.82) is 0 Å². The second kappa shape index (κ2) is 9.16. The summed E-state index contributed by atoms with van der Waals surface area (Å²) in [5, 5.41) is 5.03. The molecule has 1 unspecified atom stereocenters. The molecule has 1 aliphatic rings. The molecule has 0 bridgehead atoms. The van der Waals surface area contributed by atoms with Crippen LogP contribution in [-0.2, 0) is 15.1 Å². The second-order valence-corrected chi connectivity index (χ2v) is 7.03. The van der Waals surface area contributed by atoms with E-state index >= 15 is 0 Å². The number of hydrogen-bond acceptors (Lipinski definition) is 5. The highest BCUT2D eigenvalue weighted by Gasteiger charge is 2.49. The number of halogens is 3. The molecule has 2 N–H and O–H groups in total. The van der Waals surface area contributed by atoms with Crippen molar-refractivity contribution in [3.63, 3.8) is 0 Å². The molecule has 1 heterocycles. The predicted octanol–water partition coefficient (Wildman–Crippen LogP) is 2.55. The molecule has 1 aliphatic heterocycles. The number of nitrogens with one attached hydrogen (secondary N) is 2. The smallest absolute Gasteiger partial charge is 0.492 e. The van der Waals surface area contributed by atoms with E-state index in [0.717, 1.165) is 17.0 Å². The van der Waals surface area contributed by atoms with Gasteiger partial charge in [-0.2, -0.15) is 0 Å². The van der Waals surface area contributed by atoms with Gasteiger partial charge in [0, 0.05) is 0 Å².